The van der Waals surface area contributed by atoms with Crippen molar-refractivity contribution in [2.24, 2.45) is 11.8 Å². The van der Waals surface area contributed by atoms with Gasteiger partial charge in [-0.05, 0) is 57.7 Å². The Morgan fingerprint density at radius 3 is 2.40 bits per heavy atom. The Morgan fingerprint density at radius 1 is 1.03 bits per heavy atom. The van der Waals surface area contributed by atoms with Gasteiger partial charge in [-0.25, -0.2) is 0 Å². The molecule has 1 unspecified atom stereocenters. The summed E-state index contributed by atoms with van der Waals surface area (Å²) in [4.78, 5) is 39.2. The number of likely N-dealkylation sites (tertiary alicyclic amines) is 1. The van der Waals surface area contributed by atoms with E-state index >= 15 is 0 Å². The molecule has 4 fully saturated rings. The Hall–Kier alpha value is -1.18. The largest absolute Gasteiger partial charge is 0.334 e. The molecular weight excluding hydrogens is 380 g/mol. The van der Waals surface area contributed by atoms with Gasteiger partial charge in [0.1, 0.15) is 12.2 Å². The maximum Gasteiger partial charge on any atom is 0.255 e. The van der Waals surface area contributed by atoms with Gasteiger partial charge >= 0.3 is 0 Å². The van der Waals surface area contributed by atoms with Crippen LogP contribution in [0, 0.1) is 11.8 Å². The van der Waals surface area contributed by atoms with Crippen molar-refractivity contribution in [3.05, 3.63) is 0 Å². The number of carbonyl (C=O) groups is 2. The normalized spacial score (nSPS) is 32.7. The topological polar surface area (TPSA) is 65.1 Å². The van der Waals surface area contributed by atoms with E-state index in [0.29, 0.717) is 24.8 Å². The minimum absolute atomic E-state index is 0.0198. The molecule has 0 bridgehead atoms. The number of piperazine rings is 1. The number of carbonyl (C=O) groups excluding carboxylic acids is 2. The number of fused-ring (bicyclic) bond motifs is 1. The van der Waals surface area contributed by atoms with Crippen molar-refractivity contribution in [2.75, 3.05) is 26.7 Å². The van der Waals surface area contributed by atoms with Gasteiger partial charge in [0.2, 0.25) is 5.91 Å². The maximum atomic E-state index is 13.6. The highest BCUT2D eigenvalue weighted by Crippen LogP contribution is 2.33. The van der Waals surface area contributed by atoms with Crippen LogP contribution in [-0.2, 0) is 14.4 Å². The predicted molar refractivity (Wildman–Crippen MR) is 115 cm³/mol. The lowest BCUT2D eigenvalue weighted by Gasteiger charge is -2.52. The van der Waals surface area contributed by atoms with E-state index in [1.165, 1.54) is 32.1 Å². The van der Waals surface area contributed by atoms with Crippen molar-refractivity contribution in [1.82, 2.24) is 20.2 Å². The van der Waals surface area contributed by atoms with Crippen molar-refractivity contribution in [2.45, 2.75) is 96.0 Å². The first-order valence-electron chi connectivity index (χ1n) is 12.2. The molecule has 170 valence electrons. The summed E-state index contributed by atoms with van der Waals surface area (Å²) < 4.78 is 0. The van der Waals surface area contributed by atoms with Gasteiger partial charge in [-0.1, -0.05) is 46.0 Å². The molecule has 7 heteroatoms. The average molecular weight is 421 g/mol. The van der Waals surface area contributed by atoms with Crippen molar-refractivity contribution < 1.29 is 14.4 Å². The van der Waals surface area contributed by atoms with E-state index in [1.807, 2.05) is 9.80 Å². The first-order valence-corrected chi connectivity index (χ1v) is 12.2. The fourth-order valence-electron chi connectivity index (χ4n) is 5.84. The molecule has 4 aliphatic rings. The number of piperidine rings is 1. The molecule has 3 heterocycles. The highest BCUT2D eigenvalue weighted by Gasteiger charge is 2.50. The molecule has 30 heavy (non-hydrogen) atoms. The average Bonchev–Trinajstić information content (AvgIpc) is 2.73. The first-order chi connectivity index (χ1) is 14.4. The third-order valence-corrected chi connectivity index (χ3v) is 7.58. The standard InChI is InChI=1S/C23H40N4O3/c1-16(2)13-19-22(28)26(18-9-11-25(3)12-10-18)15-21-24-30-20(23(29)27(19)21)14-17-7-5-4-6-8-17/h16-21,24H,4-15H2,1-3H3/t19-,20+,21?/m0/s1. The summed E-state index contributed by atoms with van der Waals surface area (Å²) in [5.41, 5.74) is 3.19. The molecule has 4 rings (SSSR count). The van der Waals surface area contributed by atoms with Crippen LogP contribution >= 0.6 is 0 Å². The smallest absolute Gasteiger partial charge is 0.255 e. The summed E-state index contributed by atoms with van der Waals surface area (Å²) in [6.07, 6.45) is 8.99. The summed E-state index contributed by atoms with van der Waals surface area (Å²) in [6, 6.07) is -0.108. The number of nitrogens with zero attached hydrogens (tertiary/aromatic N) is 3. The van der Waals surface area contributed by atoms with Crippen LogP contribution in [-0.4, -0.2) is 77.5 Å². The predicted octanol–water partition coefficient (Wildman–Crippen LogP) is 2.37. The zero-order valence-electron chi connectivity index (χ0n) is 19.0. The molecule has 0 radical (unpaired) electrons. The minimum atomic E-state index is -0.457. The second kappa shape index (κ2) is 9.53. The van der Waals surface area contributed by atoms with Crippen molar-refractivity contribution in [3.63, 3.8) is 0 Å². The molecule has 0 spiro atoms. The molecule has 3 saturated heterocycles. The Balaban J connectivity index is 1.49. The molecule has 0 aromatic carbocycles. The van der Waals surface area contributed by atoms with Gasteiger partial charge < -0.3 is 14.7 Å². The summed E-state index contributed by atoms with van der Waals surface area (Å²) in [5.74, 6) is 1.07. The fraction of sp³-hybridized carbons (Fsp3) is 0.913. The number of hydrogen-bond acceptors (Lipinski definition) is 5. The molecule has 3 aliphatic heterocycles. The van der Waals surface area contributed by atoms with Crippen LogP contribution in [0.15, 0.2) is 0 Å². The SMILES string of the molecule is CC(C)C[C@H]1C(=O)N(C2CCN(C)CC2)CC2NO[C@H](CC3CCCCC3)C(=O)N21. The Labute approximate surface area is 181 Å². The van der Waals surface area contributed by atoms with Gasteiger partial charge in [0.25, 0.3) is 5.91 Å². The summed E-state index contributed by atoms with van der Waals surface area (Å²) >= 11 is 0. The van der Waals surface area contributed by atoms with Gasteiger partial charge in [0.15, 0.2) is 6.10 Å². The molecule has 1 aliphatic carbocycles. The fourth-order valence-corrected chi connectivity index (χ4v) is 5.84. The highest BCUT2D eigenvalue weighted by atomic mass is 16.7. The quantitative estimate of drug-likeness (QED) is 0.740. The lowest BCUT2D eigenvalue weighted by Crippen LogP contribution is -2.73. The van der Waals surface area contributed by atoms with E-state index in [-0.39, 0.29) is 30.1 Å². The Morgan fingerprint density at radius 2 is 1.73 bits per heavy atom. The van der Waals surface area contributed by atoms with E-state index in [0.717, 1.165) is 32.4 Å². The third kappa shape index (κ3) is 4.68. The lowest BCUT2D eigenvalue weighted by atomic mass is 9.84. The Kier molecular flexibility index (Phi) is 7.00. The van der Waals surface area contributed by atoms with Crippen LogP contribution in [0.1, 0.15) is 71.6 Å². The van der Waals surface area contributed by atoms with Crippen LogP contribution in [0.2, 0.25) is 0 Å². The zero-order chi connectivity index (χ0) is 21.3. The molecule has 2 amide bonds. The molecule has 0 aromatic rings. The monoisotopic (exact) mass is 420 g/mol. The zero-order valence-corrected chi connectivity index (χ0v) is 19.0. The summed E-state index contributed by atoms with van der Waals surface area (Å²) in [5, 5.41) is 0. The second-order valence-corrected chi connectivity index (χ2v) is 10.4. The number of amides is 2. The molecule has 7 nitrogen and oxygen atoms in total. The van der Waals surface area contributed by atoms with Gasteiger partial charge in [-0.15, -0.1) is 0 Å². The highest BCUT2D eigenvalue weighted by molar-refractivity contribution is 5.91. The van der Waals surface area contributed by atoms with Gasteiger partial charge in [0, 0.05) is 6.04 Å². The lowest BCUT2D eigenvalue weighted by molar-refractivity contribution is -0.202. The second-order valence-electron chi connectivity index (χ2n) is 10.4. The van der Waals surface area contributed by atoms with E-state index < -0.39 is 6.10 Å². The van der Waals surface area contributed by atoms with E-state index in [2.05, 4.69) is 31.3 Å². The van der Waals surface area contributed by atoms with Gasteiger partial charge in [-0.3, -0.25) is 14.4 Å². The minimum Gasteiger partial charge on any atom is -0.334 e. The van der Waals surface area contributed by atoms with Crippen LogP contribution in [0.25, 0.3) is 0 Å². The molecule has 0 aromatic heterocycles. The van der Waals surface area contributed by atoms with Crippen molar-refractivity contribution in [3.8, 4) is 0 Å². The summed E-state index contributed by atoms with van der Waals surface area (Å²) in [7, 11) is 2.14. The van der Waals surface area contributed by atoms with E-state index in [4.69, 9.17) is 4.84 Å². The van der Waals surface area contributed by atoms with Gasteiger partial charge in [-0.2, -0.15) is 5.48 Å². The van der Waals surface area contributed by atoms with E-state index in [1.54, 1.807) is 0 Å². The molecule has 1 saturated carbocycles. The number of hydroxylamine groups is 1. The Bertz CT molecular complexity index is 614. The molecule has 1 N–H and O–H groups in total. The number of rotatable bonds is 5. The molecule has 3 atom stereocenters. The van der Waals surface area contributed by atoms with Crippen molar-refractivity contribution in [1.29, 1.82) is 0 Å². The molecular formula is C23H40N4O3. The van der Waals surface area contributed by atoms with Crippen LogP contribution in [0.4, 0.5) is 0 Å². The third-order valence-electron chi connectivity index (χ3n) is 7.58. The maximum absolute atomic E-state index is 13.6. The van der Waals surface area contributed by atoms with Crippen LogP contribution in [0.3, 0.4) is 0 Å². The van der Waals surface area contributed by atoms with Crippen molar-refractivity contribution >= 4 is 11.8 Å². The van der Waals surface area contributed by atoms with Crippen LogP contribution < -0.4 is 5.48 Å². The first kappa shape index (κ1) is 22.0. The number of hydrogen-bond donors (Lipinski definition) is 1. The summed E-state index contributed by atoms with van der Waals surface area (Å²) in [6.45, 7) is 6.83. The van der Waals surface area contributed by atoms with E-state index in [9.17, 15) is 9.59 Å². The van der Waals surface area contributed by atoms with Crippen LogP contribution in [0.5, 0.6) is 0 Å². The van der Waals surface area contributed by atoms with Gasteiger partial charge in [0.05, 0.1) is 6.54 Å². The number of nitrogens with one attached hydrogen (secondary N) is 1.